The van der Waals surface area contributed by atoms with Gasteiger partial charge in [-0.3, -0.25) is 9.59 Å². The first-order valence-corrected chi connectivity index (χ1v) is 9.51. The topological polar surface area (TPSA) is 62.6 Å². The Morgan fingerprint density at radius 1 is 1.23 bits per heavy atom. The van der Waals surface area contributed by atoms with Gasteiger partial charge in [0, 0.05) is 37.0 Å². The lowest BCUT2D eigenvalue weighted by atomic mass is 9.95. The lowest BCUT2D eigenvalue weighted by Gasteiger charge is -2.15. The van der Waals surface area contributed by atoms with Crippen LogP contribution >= 0.6 is 0 Å². The van der Waals surface area contributed by atoms with Gasteiger partial charge >= 0.3 is 0 Å². The van der Waals surface area contributed by atoms with E-state index in [2.05, 4.69) is 32.2 Å². The van der Waals surface area contributed by atoms with Crippen LogP contribution in [0.2, 0.25) is 0 Å². The molecular formula is C21H28N2O3. The maximum absolute atomic E-state index is 12.3. The molecular weight excluding hydrogens is 328 g/mol. The fraction of sp³-hybridized carbons (Fsp3) is 0.524. The van der Waals surface area contributed by atoms with Crippen molar-refractivity contribution < 1.29 is 14.0 Å². The Hall–Kier alpha value is -2.30. The number of hydrogen-bond donors (Lipinski definition) is 1. The summed E-state index contributed by atoms with van der Waals surface area (Å²) in [4.78, 5) is 26.2. The van der Waals surface area contributed by atoms with E-state index in [0.29, 0.717) is 18.9 Å². The Morgan fingerprint density at radius 2 is 1.96 bits per heavy atom. The molecule has 1 aromatic carbocycles. The van der Waals surface area contributed by atoms with Gasteiger partial charge in [0.15, 0.2) is 0 Å². The molecule has 1 N–H and O–H groups in total. The van der Waals surface area contributed by atoms with E-state index in [9.17, 15) is 9.59 Å². The zero-order valence-electron chi connectivity index (χ0n) is 15.9. The van der Waals surface area contributed by atoms with Crippen molar-refractivity contribution in [2.24, 2.45) is 0 Å². The summed E-state index contributed by atoms with van der Waals surface area (Å²) in [6.07, 6.45) is 4.48. The van der Waals surface area contributed by atoms with E-state index < -0.39 is 0 Å². The van der Waals surface area contributed by atoms with Crippen molar-refractivity contribution in [3.05, 3.63) is 35.1 Å². The number of rotatable bonds is 6. The van der Waals surface area contributed by atoms with Gasteiger partial charge in [-0.1, -0.05) is 13.8 Å². The Balaban J connectivity index is 1.58. The number of likely N-dealkylation sites (tertiary alicyclic amines) is 1. The number of fused-ring (bicyclic) bond motifs is 1. The molecule has 1 aliphatic heterocycles. The van der Waals surface area contributed by atoms with Crippen molar-refractivity contribution in [2.75, 3.05) is 19.6 Å². The summed E-state index contributed by atoms with van der Waals surface area (Å²) < 4.78 is 5.63. The number of nitrogens with one attached hydrogen (secondary N) is 1. The van der Waals surface area contributed by atoms with Gasteiger partial charge in [-0.05, 0) is 48.9 Å². The molecule has 1 saturated heterocycles. The highest BCUT2D eigenvalue weighted by molar-refractivity contribution is 5.88. The number of carbonyl (C=O) groups is 2. The molecule has 3 rings (SSSR count). The Labute approximate surface area is 154 Å². The Kier molecular flexibility index (Phi) is 5.64. The van der Waals surface area contributed by atoms with Gasteiger partial charge in [-0.2, -0.15) is 0 Å². The summed E-state index contributed by atoms with van der Waals surface area (Å²) in [6.45, 7) is 8.51. The minimum absolute atomic E-state index is 0.0754. The summed E-state index contributed by atoms with van der Waals surface area (Å²) in [5, 5.41) is 3.86. The second kappa shape index (κ2) is 7.94. The first-order chi connectivity index (χ1) is 12.5. The largest absolute Gasteiger partial charge is 0.464 e. The molecule has 0 spiro atoms. The molecule has 5 nitrogen and oxygen atoms in total. The molecule has 2 aromatic rings. The molecule has 1 fully saturated rings. The molecule has 0 aliphatic carbocycles. The van der Waals surface area contributed by atoms with Gasteiger partial charge in [0.2, 0.25) is 11.8 Å². The van der Waals surface area contributed by atoms with Gasteiger partial charge in [-0.25, -0.2) is 0 Å². The fourth-order valence-electron chi connectivity index (χ4n) is 3.67. The number of benzene rings is 1. The zero-order chi connectivity index (χ0) is 18.7. The highest BCUT2D eigenvalue weighted by atomic mass is 16.3. The predicted octanol–water partition coefficient (Wildman–Crippen LogP) is 3.54. The van der Waals surface area contributed by atoms with Crippen molar-refractivity contribution in [1.82, 2.24) is 10.2 Å². The average molecular weight is 356 g/mol. The SMILES string of the molecule is Cc1cc2occ(CC(=O)NCCC(=O)N3CCCC3)c2cc1C(C)C. The van der Waals surface area contributed by atoms with Crippen LogP contribution in [0.15, 0.2) is 22.8 Å². The molecule has 0 radical (unpaired) electrons. The number of furan rings is 1. The van der Waals surface area contributed by atoms with Crippen LogP contribution in [-0.2, 0) is 16.0 Å². The van der Waals surface area contributed by atoms with E-state index in [0.717, 1.165) is 42.5 Å². The predicted molar refractivity (Wildman–Crippen MR) is 102 cm³/mol. The van der Waals surface area contributed by atoms with E-state index in [1.807, 2.05) is 11.0 Å². The molecule has 0 saturated carbocycles. The van der Waals surface area contributed by atoms with Crippen LogP contribution in [0.1, 0.15) is 55.7 Å². The highest BCUT2D eigenvalue weighted by Crippen LogP contribution is 2.29. The van der Waals surface area contributed by atoms with Crippen LogP contribution in [0.4, 0.5) is 0 Å². The van der Waals surface area contributed by atoms with E-state index in [4.69, 9.17) is 4.42 Å². The summed E-state index contributed by atoms with van der Waals surface area (Å²) in [5.74, 6) is 0.481. The first kappa shape index (κ1) is 18.5. The summed E-state index contributed by atoms with van der Waals surface area (Å²) in [5.41, 5.74) is 4.19. The molecule has 140 valence electrons. The molecule has 1 aliphatic rings. The van der Waals surface area contributed by atoms with Gasteiger partial charge in [0.1, 0.15) is 5.58 Å². The van der Waals surface area contributed by atoms with Crippen molar-refractivity contribution in [1.29, 1.82) is 0 Å². The Morgan fingerprint density at radius 3 is 2.65 bits per heavy atom. The molecule has 0 bridgehead atoms. The van der Waals surface area contributed by atoms with E-state index in [1.54, 1.807) is 6.26 Å². The van der Waals surface area contributed by atoms with Gasteiger partial charge in [-0.15, -0.1) is 0 Å². The molecule has 1 aromatic heterocycles. The summed E-state index contributed by atoms with van der Waals surface area (Å²) in [6, 6.07) is 4.18. The smallest absolute Gasteiger partial charge is 0.224 e. The quantitative estimate of drug-likeness (QED) is 0.861. The number of aryl methyl sites for hydroxylation is 1. The maximum Gasteiger partial charge on any atom is 0.224 e. The molecule has 0 atom stereocenters. The zero-order valence-corrected chi connectivity index (χ0v) is 15.9. The number of nitrogens with zero attached hydrogens (tertiary/aromatic N) is 1. The van der Waals surface area contributed by atoms with Gasteiger partial charge < -0.3 is 14.6 Å². The monoisotopic (exact) mass is 356 g/mol. The summed E-state index contributed by atoms with van der Waals surface area (Å²) >= 11 is 0. The minimum Gasteiger partial charge on any atom is -0.464 e. The first-order valence-electron chi connectivity index (χ1n) is 9.51. The number of amides is 2. The Bertz CT molecular complexity index is 801. The van der Waals surface area contributed by atoms with Crippen LogP contribution in [0.5, 0.6) is 0 Å². The molecule has 2 amide bonds. The lowest BCUT2D eigenvalue weighted by Crippen LogP contribution is -2.33. The van der Waals surface area contributed by atoms with E-state index in [1.165, 1.54) is 11.1 Å². The lowest BCUT2D eigenvalue weighted by molar-refractivity contribution is -0.130. The average Bonchev–Trinajstić information content (AvgIpc) is 3.24. The second-order valence-electron chi connectivity index (χ2n) is 7.49. The van der Waals surface area contributed by atoms with Crippen molar-refractivity contribution in [3.8, 4) is 0 Å². The number of hydrogen-bond acceptors (Lipinski definition) is 3. The normalized spacial score (nSPS) is 14.4. The van der Waals surface area contributed by atoms with Crippen LogP contribution < -0.4 is 5.32 Å². The van der Waals surface area contributed by atoms with E-state index >= 15 is 0 Å². The second-order valence-corrected chi connectivity index (χ2v) is 7.49. The molecule has 2 heterocycles. The summed E-state index contributed by atoms with van der Waals surface area (Å²) in [7, 11) is 0. The van der Waals surface area contributed by atoms with Crippen molar-refractivity contribution in [2.45, 2.75) is 52.4 Å². The highest BCUT2D eigenvalue weighted by Gasteiger charge is 2.18. The van der Waals surface area contributed by atoms with Crippen LogP contribution in [0, 0.1) is 6.92 Å². The molecule has 0 unspecified atom stereocenters. The molecule has 5 heteroatoms. The van der Waals surface area contributed by atoms with Crippen LogP contribution in [0.25, 0.3) is 11.0 Å². The van der Waals surface area contributed by atoms with Gasteiger partial charge in [0.05, 0.1) is 12.7 Å². The van der Waals surface area contributed by atoms with E-state index in [-0.39, 0.29) is 18.2 Å². The third-order valence-electron chi connectivity index (χ3n) is 5.14. The van der Waals surface area contributed by atoms with Gasteiger partial charge in [0.25, 0.3) is 0 Å². The third kappa shape index (κ3) is 4.09. The van der Waals surface area contributed by atoms with Crippen LogP contribution in [-0.4, -0.2) is 36.3 Å². The van der Waals surface area contributed by atoms with Crippen molar-refractivity contribution >= 4 is 22.8 Å². The van der Waals surface area contributed by atoms with Crippen LogP contribution in [0.3, 0.4) is 0 Å². The number of carbonyl (C=O) groups excluding carboxylic acids is 2. The maximum atomic E-state index is 12.3. The third-order valence-corrected chi connectivity index (χ3v) is 5.14. The minimum atomic E-state index is -0.0754. The molecule has 26 heavy (non-hydrogen) atoms. The van der Waals surface area contributed by atoms with Crippen molar-refractivity contribution in [3.63, 3.8) is 0 Å². The fourth-order valence-corrected chi connectivity index (χ4v) is 3.67. The standard InChI is InChI=1S/C21H28N2O3/c1-14(2)17-12-18-16(13-26-19(18)10-15(17)3)11-20(24)22-7-6-21(25)23-8-4-5-9-23/h10,12-14H,4-9,11H2,1-3H3,(H,22,24).